The lowest BCUT2D eigenvalue weighted by Crippen LogP contribution is -2.26. The molecular formula is C16H23BrN2O2S. The molecule has 0 radical (unpaired) electrons. The van der Waals surface area contributed by atoms with Crippen molar-refractivity contribution in [2.45, 2.75) is 30.6 Å². The normalized spacial score (nSPS) is 19.0. The standard InChI is InChI=1S/C16H23BrN2O2S/c17-14-3-5-15(6-4-14)22(21)11-1-2-16(20)19-10-8-13-7-9-18-12-13/h3-6,13,18H,1-2,7-12H2,(H,19,20). The van der Waals surface area contributed by atoms with Gasteiger partial charge >= 0.3 is 0 Å². The maximum Gasteiger partial charge on any atom is 0.220 e. The number of benzene rings is 1. The van der Waals surface area contributed by atoms with E-state index < -0.39 is 10.8 Å². The fraction of sp³-hybridized carbons (Fsp3) is 0.562. The Morgan fingerprint density at radius 1 is 1.36 bits per heavy atom. The molecule has 1 aliphatic heterocycles. The van der Waals surface area contributed by atoms with Crippen LogP contribution in [0.5, 0.6) is 0 Å². The first kappa shape index (κ1) is 17.6. The maximum atomic E-state index is 12.1. The summed E-state index contributed by atoms with van der Waals surface area (Å²) < 4.78 is 13.1. The van der Waals surface area contributed by atoms with Gasteiger partial charge in [-0.25, -0.2) is 0 Å². The second-order valence-corrected chi connectivity index (χ2v) is 8.09. The van der Waals surface area contributed by atoms with Crippen LogP contribution in [0.3, 0.4) is 0 Å². The molecule has 1 aliphatic rings. The first-order chi connectivity index (χ1) is 10.6. The summed E-state index contributed by atoms with van der Waals surface area (Å²) in [6.45, 7) is 2.92. The Labute approximate surface area is 143 Å². The lowest BCUT2D eigenvalue weighted by molar-refractivity contribution is -0.121. The third-order valence-electron chi connectivity index (χ3n) is 3.85. The maximum absolute atomic E-state index is 12.1. The minimum atomic E-state index is -1.02. The summed E-state index contributed by atoms with van der Waals surface area (Å²) in [5.74, 6) is 1.30. The molecular weight excluding hydrogens is 364 g/mol. The largest absolute Gasteiger partial charge is 0.356 e. The van der Waals surface area contributed by atoms with E-state index in [-0.39, 0.29) is 5.91 Å². The Bertz CT molecular complexity index is 501. The number of carbonyl (C=O) groups is 1. The predicted octanol–water partition coefficient (Wildman–Crippen LogP) is 2.45. The van der Waals surface area contributed by atoms with E-state index in [4.69, 9.17) is 0 Å². The molecule has 0 aliphatic carbocycles. The van der Waals surface area contributed by atoms with Crippen molar-refractivity contribution >= 4 is 32.6 Å². The van der Waals surface area contributed by atoms with Gasteiger partial charge in [0.1, 0.15) is 0 Å². The zero-order valence-electron chi connectivity index (χ0n) is 12.6. The Hall–Kier alpha value is -0.720. The summed E-state index contributed by atoms with van der Waals surface area (Å²) in [6.07, 6.45) is 3.36. The van der Waals surface area contributed by atoms with Crippen LogP contribution in [-0.2, 0) is 15.6 Å². The molecule has 1 saturated heterocycles. The Morgan fingerprint density at radius 3 is 2.82 bits per heavy atom. The van der Waals surface area contributed by atoms with E-state index in [0.29, 0.717) is 24.5 Å². The van der Waals surface area contributed by atoms with E-state index in [1.807, 2.05) is 24.3 Å². The van der Waals surface area contributed by atoms with E-state index >= 15 is 0 Å². The third kappa shape index (κ3) is 6.18. The molecule has 122 valence electrons. The molecule has 2 rings (SSSR count). The molecule has 4 nitrogen and oxygen atoms in total. The highest BCUT2D eigenvalue weighted by Crippen LogP contribution is 2.14. The highest BCUT2D eigenvalue weighted by Gasteiger charge is 2.14. The zero-order chi connectivity index (χ0) is 15.8. The highest BCUT2D eigenvalue weighted by molar-refractivity contribution is 9.10. The molecule has 0 aromatic heterocycles. The van der Waals surface area contributed by atoms with E-state index in [1.54, 1.807) is 0 Å². The van der Waals surface area contributed by atoms with Crippen LogP contribution in [0.25, 0.3) is 0 Å². The molecule has 0 spiro atoms. The summed E-state index contributed by atoms with van der Waals surface area (Å²) in [5.41, 5.74) is 0. The van der Waals surface area contributed by atoms with Crippen molar-refractivity contribution in [1.29, 1.82) is 0 Å². The first-order valence-corrected chi connectivity index (χ1v) is 9.87. The van der Waals surface area contributed by atoms with Crippen molar-refractivity contribution in [3.05, 3.63) is 28.7 Å². The molecule has 2 N–H and O–H groups in total. The van der Waals surface area contributed by atoms with Crippen LogP contribution in [0, 0.1) is 5.92 Å². The van der Waals surface area contributed by atoms with Gasteiger partial charge in [-0.05, 0) is 62.5 Å². The molecule has 0 saturated carbocycles. The molecule has 0 bridgehead atoms. The second-order valence-electron chi connectivity index (χ2n) is 5.60. The topological polar surface area (TPSA) is 58.2 Å². The Kier molecular flexibility index (Phi) is 7.55. The second kappa shape index (κ2) is 9.43. The van der Waals surface area contributed by atoms with Crippen molar-refractivity contribution in [3.8, 4) is 0 Å². The monoisotopic (exact) mass is 386 g/mol. The van der Waals surface area contributed by atoms with Crippen LogP contribution in [-0.4, -0.2) is 35.5 Å². The van der Waals surface area contributed by atoms with Crippen molar-refractivity contribution in [2.75, 3.05) is 25.4 Å². The number of hydrogen-bond donors (Lipinski definition) is 2. The highest BCUT2D eigenvalue weighted by atomic mass is 79.9. The fourth-order valence-corrected chi connectivity index (χ4v) is 3.88. The SMILES string of the molecule is O=C(CCCS(=O)c1ccc(Br)cc1)NCCC1CCNC1. The van der Waals surface area contributed by atoms with Crippen LogP contribution < -0.4 is 10.6 Å². The van der Waals surface area contributed by atoms with Gasteiger partial charge in [-0.15, -0.1) is 0 Å². The first-order valence-electron chi connectivity index (χ1n) is 7.76. The Balaban J connectivity index is 1.58. The summed E-state index contributed by atoms with van der Waals surface area (Å²) in [4.78, 5) is 12.6. The molecule has 1 amide bonds. The quantitative estimate of drug-likeness (QED) is 0.721. The average molecular weight is 387 g/mol. The summed E-state index contributed by atoms with van der Waals surface area (Å²) >= 11 is 3.36. The van der Waals surface area contributed by atoms with E-state index in [1.165, 1.54) is 6.42 Å². The molecule has 1 aromatic rings. The molecule has 2 unspecified atom stereocenters. The van der Waals surface area contributed by atoms with E-state index in [0.717, 1.165) is 35.4 Å². The number of nitrogens with one attached hydrogen (secondary N) is 2. The average Bonchev–Trinajstić information content (AvgIpc) is 3.01. The van der Waals surface area contributed by atoms with Gasteiger partial charge in [-0.2, -0.15) is 0 Å². The van der Waals surface area contributed by atoms with Gasteiger partial charge in [0.2, 0.25) is 5.91 Å². The molecule has 1 aromatic carbocycles. The number of halogens is 1. The van der Waals surface area contributed by atoms with Gasteiger partial charge in [-0.1, -0.05) is 15.9 Å². The predicted molar refractivity (Wildman–Crippen MR) is 93.3 cm³/mol. The lowest BCUT2D eigenvalue weighted by atomic mass is 10.1. The lowest BCUT2D eigenvalue weighted by Gasteiger charge is -2.09. The number of rotatable bonds is 8. The Morgan fingerprint density at radius 2 is 2.14 bits per heavy atom. The van der Waals surface area contributed by atoms with Gasteiger partial charge in [0, 0.05) is 28.1 Å². The molecule has 1 fully saturated rings. The summed E-state index contributed by atoms with van der Waals surface area (Å²) in [6, 6.07) is 7.49. The molecule has 1 heterocycles. The van der Waals surface area contributed by atoms with Crippen LogP contribution in [0.15, 0.2) is 33.6 Å². The van der Waals surface area contributed by atoms with E-state index in [9.17, 15) is 9.00 Å². The smallest absolute Gasteiger partial charge is 0.220 e. The van der Waals surface area contributed by atoms with Crippen LogP contribution in [0.4, 0.5) is 0 Å². The summed E-state index contributed by atoms with van der Waals surface area (Å²) in [7, 11) is -1.02. The molecule has 2 atom stereocenters. The van der Waals surface area contributed by atoms with Crippen molar-refractivity contribution < 1.29 is 9.00 Å². The number of amides is 1. The summed E-state index contributed by atoms with van der Waals surface area (Å²) in [5, 5.41) is 6.29. The molecule has 6 heteroatoms. The van der Waals surface area contributed by atoms with Gasteiger partial charge in [0.25, 0.3) is 0 Å². The third-order valence-corrected chi connectivity index (χ3v) is 5.83. The zero-order valence-corrected chi connectivity index (χ0v) is 15.0. The van der Waals surface area contributed by atoms with Crippen LogP contribution >= 0.6 is 15.9 Å². The minimum absolute atomic E-state index is 0.0683. The van der Waals surface area contributed by atoms with Gasteiger partial charge in [-0.3, -0.25) is 9.00 Å². The van der Waals surface area contributed by atoms with Crippen LogP contribution in [0.2, 0.25) is 0 Å². The van der Waals surface area contributed by atoms with Gasteiger partial charge < -0.3 is 10.6 Å². The minimum Gasteiger partial charge on any atom is -0.356 e. The van der Waals surface area contributed by atoms with Gasteiger partial charge in [0.15, 0.2) is 0 Å². The fourth-order valence-electron chi connectivity index (χ4n) is 2.53. The van der Waals surface area contributed by atoms with E-state index in [2.05, 4.69) is 26.6 Å². The van der Waals surface area contributed by atoms with Crippen LogP contribution in [0.1, 0.15) is 25.7 Å². The number of carbonyl (C=O) groups excluding carboxylic acids is 1. The van der Waals surface area contributed by atoms with Crippen molar-refractivity contribution in [1.82, 2.24) is 10.6 Å². The van der Waals surface area contributed by atoms with Gasteiger partial charge in [0.05, 0.1) is 10.8 Å². The molecule has 22 heavy (non-hydrogen) atoms. The van der Waals surface area contributed by atoms with Crippen molar-refractivity contribution in [2.24, 2.45) is 5.92 Å². The number of hydrogen-bond acceptors (Lipinski definition) is 3. The van der Waals surface area contributed by atoms with Crippen molar-refractivity contribution in [3.63, 3.8) is 0 Å².